The van der Waals surface area contributed by atoms with E-state index in [0.717, 1.165) is 18.4 Å². The average molecular weight is 238 g/mol. The molecule has 1 aromatic carbocycles. The Hall–Kier alpha value is -0.860. The number of nitrogens with two attached hydrogens (primary N) is 1. The van der Waals surface area contributed by atoms with E-state index in [9.17, 15) is 4.79 Å². The van der Waals surface area contributed by atoms with Gasteiger partial charge < -0.3 is 5.73 Å². The van der Waals surface area contributed by atoms with E-state index in [0.29, 0.717) is 17.4 Å². The highest BCUT2D eigenvalue weighted by Gasteiger charge is 2.43. The zero-order valence-electron chi connectivity index (χ0n) is 9.37. The molecule has 0 radical (unpaired) electrons. The second-order valence-corrected chi connectivity index (χ2v) is 5.22. The Morgan fingerprint density at radius 1 is 1.44 bits per heavy atom. The molecular weight excluding hydrogens is 222 g/mol. The number of benzene rings is 1. The van der Waals surface area contributed by atoms with Crippen molar-refractivity contribution in [2.45, 2.75) is 31.7 Å². The van der Waals surface area contributed by atoms with Gasteiger partial charge in [-0.1, -0.05) is 23.7 Å². The number of carbonyl (C=O) groups is 1. The topological polar surface area (TPSA) is 43.1 Å². The molecule has 1 saturated carbocycles. The van der Waals surface area contributed by atoms with Crippen molar-refractivity contribution in [2.75, 3.05) is 0 Å². The van der Waals surface area contributed by atoms with Crippen molar-refractivity contribution >= 4 is 17.4 Å². The molecule has 1 aliphatic carbocycles. The van der Waals surface area contributed by atoms with E-state index in [-0.39, 0.29) is 5.78 Å². The molecule has 0 amide bonds. The number of hydrogen-bond acceptors (Lipinski definition) is 2. The number of hydrogen-bond donors (Lipinski definition) is 1. The Balaban J connectivity index is 2.04. The Morgan fingerprint density at radius 2 is 2.00 bits per heavy atom. The van der Waals surface area contributed by atoms with Crippen molar-refractivity contribution in [1.29, 1.82) is 0 Å². The van der Waals surface area contributed by atoms with Crippen LogP contribution in [-0.4, -0.2) is 11.3 Å². The van der Waals surface area contributed by atoms with Crippen molar-refractivity contribution in [3.05, 3.63) is 34.9 Å². The van der Waals surface area contributed by atoms with E-state index in [2.05, 4.69) is 0 Å². The first-order valence-electron chi connectivity index (χ1n) is 5.57. The van der Waals surface area contributed by atoms with E-state index in [1.165, 1.54) is 0 Å². The quantitative estimate of drug-likeness (QED) is 0.875. The molecule has 0 saturated heterocycles. The number of Topliss-reactive ketones (excluding diaryl/α,β-unsaturated/α-hetero) is 1. The van der Waals surface area contributed by atoms with Crippen LogP contribution in [0.4, 0.5) is 0 Å². The van der Waals surface area contributed by atoms with Crippen molar-refractivity contribution in [3.63, 3.8) is 0 Å². The van der Waals surface area contributed by atoms with Crippen LogP contribution in [0, 0.1) is 5.92 Å². The second-order valence-electron chi connectivity index (χ2n) is 4.78. The largest absolute Gasteiger partial charge is 0.319 e. The molecule has 0 heterocycles. The SMILES string of the molecule is CC(N)(C(=O)Cc1ccc(Cl)cc1)C1CC1. The maximum absolute atomic E-state index is 12.0. The van der Waals surface area contributed by atoms with Crippen LogP contribution in [0.2, 0.25) is 5.02 Å². The lowest BCUT2D eigenvalue weighted by Gasteiger charge is -2.22. The minimum Gasteiger partial charge on any atom is -0.319 e. The van der Waals surface area contributed by atoms with Gasteiger partial charge in [-0.3, -0.25) is 4.79 Å². The lowest BCUT2D eigenvalue weighted by Crippen LogP contribution is -2.47. The predicted octanol–water partition coefficient (Wildman–Crippen LogP) is 2.58. The third-order valence-electron chi connectivity index (χ3n) is 3.30. The van der Waals surface area contributed by atoms with Gasteiger partial charge in [0.1, 0.15) is 0 Å². The Kier molecular flexibility index (Phi) is 3.04. The van der Waals surface area contributed by atoms with Gasteiger partial charge in [-0.15, -0.1) is 0 Å². The van der Waals surface area contributed by atoms with Crippen LogP contribution in [-0.2, 0) is 11.2 Å². The number of rotatable bonds is 4. The maximum Gasteiger partial charge on any atom is 0.156 e. The lowest BCUT2D eigenvalue weighted by molar-refractivity contribution is -0.123. The van der Waals surface area contributed by atoms with E-state index < -0.39 is 5.54 Å². The molecule has 1 fully saturated rings. The van der Waals surface area contributed by atoms with Gasteiger partial charge in [-0.25, -0.2) is 0 Å². The first-order chi connectivity index (χ1) is 7.50. The normalized spacial score (nSPS) is 19.2. The van der Waals surface area contributed by atoms with E-state index in [1.54, 1.807) is 12.1 Å². The third-order valence-corrected chi connectivity index (χ3v) is 3.56. The third kappa shape index (κ3) is 2.45. The van der Waals surface area contributed by atoms with Gasteiger partial charge in [-0.2, -0.15) is 0 Å². The van der Waals surface area contributed by atoms with E-state index >= 15 is 0 Å². The highest BCUT2D eigenvalue weighted by molar-refractivity contribution is 6.30. The zero-order valence-corrected chi connectivity index (χ0v) is 10.1. The molecule has 1 aromatic rings. The molecule has 16 heavy (non-hydrogen) atoms. The monoisotopic (exact) mass is 237 g/mol. The maximum atomic E-state index is 12.0. The van der Waals surface area contributed by atoms with Crippen LogP contribution in [0.25, 0.3) is 0 Å². The fourth-order valence-electron chi connectivity index (χ4n) is 1.89. The summed E-state index contributed by atoms with van der Waals surface area (Å²) in [6, 6.07) is 7.36. The van der Waals surface area contributed by atoms with E-state index in [1.807, 2.05) is 19.1 Å². The molecule has 2 N–H and O–H groups in total. The summed E-state index contributed by atoms with van der Waals surface area (Å²) >= 11 is 5.79. The van der Waals surface area contributed by atoms with Crippen LogP contribution in [0.1, 0.15) is 25.3 Å². The zero-order chi connectivity index (χ0) is 11.8. The second kappa shape index (κ2) is 4.19. The van der Waals surface area contributed by atoms with Crippen LogP contribution in [0.15, 0.2) is 24.3 Å². The molecule has 1 aliphatic rings. The van der Waals surface area contributed by atoms with Crippen molar-refractivity contribution in [3.8, 4) is 0 Å². The Labute approximate surface area is 101 Å². The summed E-state index contributed by atoms with van der Waals surface area (Å²) in [5.41, 5.74) is 6.39. The molecule has 1 unspecified atom stereocenters. The van der Waals surface area contributed by atoms with Crippen LogP contribution in [0.5, 0.6) is 0 Å². The first kappa shape index (κ1) is 11.6. The molecule has 2 rings (SSSR count). The molecule has 3 heteroatoms. The van der Waals surface area contributed by atoms with Crippen LogP contribution in [0.3, 0.4) is 0 Å². The van der Waals surface area contributed by atoms with Gasteiger partial charge in [0.2, 0.25) is 0 Å². The van der Waals surface area contributed by atoms with Gasteiger partial charge >= 0.3 is 0 Å². The van der Waals surface area contributed by atoms with Crippen LogP contribution >= 0.6 is 11.6 Å². The molecule has 0 bridgehead atoms. The van der Waals surface area contributed by atoms with Crippen molar-refractivity contribution < 1.29 is 4.79 Å². The molecule has 86 valence electrons. The first-order valence-corrected chi connectivity index (χ1v) is 5.94. The Bertz CT molecular complexity index is 393. The van der Waals surface area contributed by atoms with Gasteiger partial charge in [0.25, 0.3) is 0 Å². The summed E-state index contributed by atoms with van der Waals surface area (Å²) in [5, 5.41) is 0.689. The van der Waals surface area contributed by atoms with Gasteiger partial charge in [-0.05, 0) is 43.4 Å². The fourth-order valence-corrected chi connectivity index (χ4v) is 2.01. The van der Waals surface area contributed by atoms with Gasteiger partial charge in [0.05, 0.1) is 5.54 Å². The number of halogens is 1. The van der Waals surface area contributed by atoms with Crippen molar-refractivity contribution in [1.82, 2.24) is 0 Å². The lowest BCUT2D eigenvalue weighted by atomic mass is 9.88. The number of ketones is 1. The minimum absolute atomic E-state index is 0.123. The van der Waals surface area contributed by atoms with Gasteiger partial charge in [0.15, 0.2) is 5.78 Å². The summed E-state index contributed by atoms with van der Waals surface area (Å²) in [6.45, 7) is 1.85. The van der Waals surface area contributed by atoms with Gasteiger partial charge in [0, 0.05) is 11.4 Å². The predicted molar refractivity (Wildman–Crippen MR) is 65.5 cm³/mol. The standard InChI is InChI=1S/C13H16ClNO/c1-13(15,10-4-5-10)12(16)8-9-2-6-11(14)7-3-9/h2-3,6-7,10H,4-5,8,15H2,1H3. The van der Waals surface area contributed by atoms with E-state index in [4.69, 9.17) is 17.3 Å². The Morgan fingerprint density at radius 3 is 2.50 bits per heavy atom. The molecule has 0 aliphatic heterocycles. The smallest absolute Gasteiger partial charge is 0.156 e. The summed E-state index contributed by atoms with van der Waals surface area (Å²) in [7, 11) is 0. The molecule has 0 spiro atoms. The average Bonchev–Trinajstić information content (AvgIpc) is 3.05. The highest BCUT2D eigenvalue weighted by atomic mass is 35.5. The molecule has 0 aromatic heterocycles. The molecule has 1 atom stereocenters. The summed E-state index contributed by atoms with van der Waals surface area (Å²) in [6.07, 6.45) is 2.57. The summed E-state index contributed by atoms with van der Waals surface area (Å²) in [5.74, 6) is 0.504. The van der Waals surface area contributed by atoms with Crippen LogP contribution < -0.4 is 5.73 Å². The summed E-state index contributed by atoms with van der Waals surface area (Å²) < 4.78 is 0. The summed E-state index contributed by atoms with van der Waals surface area (Å²) in [4.78, 5) is 12.0. The minimum atomic E-state index is -0.653. The highest BCUT2D eigenvalue weighted by Crippen LogP contribution is 2.38. The van der Waals surface area contributed by atoms with Crippen molar-refractivity contribution in [2.24, 2.45) is 11.7 Å². The molecular formula is C13H16ClNO. The molecule has 2 nitrogen and oxygen atoms in total. The number of carbonyl (C=O) groups excluding carboxylic acids is 1. The fraction of sp³-hybridized carbons (Fsp3) is 0.462.